The summed E-state index contributed by atoms with van der Waals surface area (Å²) in [7, 11) is 0.500. The lowest BCUT2D eigenvalue weighted by Crippen LogP contribution is -1.58. The van der Waals surface area contributed by atoms with Gasteiger partial charge in [0.05, 0.1) is 7.18 Å². The highest BCUT2D eigenvalue weighted by molar-refractivity contribution is 5.44. The minimum atomic E-state index is 0.500. The molecule has 0 aromatic carbocycles. The summed E-state index contributed by atoms with van der Waals surface area (Å²) in [5, 5.41) is 0. The third-order valence-corrected chi connectivity index (χ3v) is 0.566. The fraction of sp³-hybridized carbons (Fsp3) is 0.250. The van der Waals surface area contributed by atoms with Gasteiger partial charge in [-0.2, -0.15) is 0 Å². The summed E-state index contributed by atoms with van der Waals surface area (Å²) in [6.07, 6.45) is 4.25. The second kappa shape index (κ2) is 15.9. The van der Waals surface area contributed by atoms with Gasteiger partial charge < -0.3 is 4.79 Å². The van der Waals surface area contributed by atoms with Gasteiger partial charge in [-0.05, 0) is 19.1 Å². The first-order valence-electron chi connectivity index (χ1n) is 3.04. The summed E-state index contributed by atoms with van der Waals surface area (Å²) in [5.41, 5.74) is 0. The summed E-state index contributed by atoms with van der Waals surface area (Å²) in [6.45, 7) is 1.44. The highest BCUT2D eigenvalue weighted by Gasteiger charge is 1.58. The maximum Gasteiger partial charge on any atom is 0.116 e. The smallest absolute Gasteiger partial charge is 0.116 e. The Bertz CT molecular complexity index is 117. The molecule has 0 saturated heterocycles. The molecule has 0 aliphatic rings. The van der Waals surface area contributed by atoms with Gasteiger partial charge in [0, 0.05) is 12.4 Å². The molecule has 62 valence electrons. The van der Waals surface area contributed by atoms with Crippen molar-refractivity contribution in [1.29, 1.82) is 0 Å². The number of rotatable bonds is 0. The van der Waals surface area contributed by atoms with Crippen LogP contribution in [-0.2, 0) is 4.79 Å². The van der Waals surface area contributed by atoms with E-state index >= 15 is 0 Å². The van der Waals surface area contributed by atoms with Gasteiger partial charge in [-0.15, -0.1) is 0 Å². The Morgan fingerprint density at radius 1 is 1.18 bits per heavy atom. The van der Waals surface area contributed by atoms with Crippen molar-refractivity contribution in [3.05, 3.63) is 30.6 Å². The topological polar surface area (TPSA) is 30.0 Å². The van der Waals surface area contributed by atoms with Gasteiger partial charge in [0.1, 0.15) is 6.29 Å². The van der Waals surface area contributed by atoms with E-state index in [-0.39, 0.29) is 0 Å². The molecule has 0 N–H and O–H groups in total. The van der Waals surface area contributed by atoms with Crippen LogP contribution in [0.2, 0.25) is 0 Å². The maximum atomic E-state index is 9.50. The van der Waals surface area contributed by atoms with Crippen molar-refractivity contribution in [2.24, 2.45) is 0 Å². The molecule has 1 heterocycles. The van der Waals surface area contributed by atoms with E-state index in [2.05, 4.69) is 4.98 Å². The summed E-state index contributed by atoms with van der Waals surface area (Å²) in [6, 6.07) is 5.72. The lowest BCUT2D eigenvalue weighted by Gasteiger charge is -1.70. The normalized spacial score (nSPS) is 6.09. The molecule has 0 unspecified atom stereocenters. The number of hydrogen-bond acceptors (Lipinski definition) is 2. The molecule has 0 fully saturated rings. The van der Waals surface area contributed by atoms with Crippen LogP contribution >= 0.6 is 0 Å². The Morgan fingerprint density at radius 3 is 1.64 bits per heavy atom. The number of pyridine rings is 1. The first kappa shape index (κ1) is 12.4. The Morgan fingerprint density at radius 2 is 1.55 bits per heavy atom. The molecule has 0 saturated carbocycles. The van der Waals surface area contributed by atoms with E-state index < -0.39 is 0 Å². The van der Waals surface area contributed by atoms with E-state index in [1.807, 2.05) is 18.2 Å². The molecule has 1 aromatic heterocycles. The minimum absolute atomic E-state index is 0.500. The van der Waals surface area contributed by atoms with Gasteiger partial charge in [0.15, 0.2) is 0 Å². The van der Waals surface area contributed by atoms with Crippen LogP contribution in [0.25, 0.3) is 0 Å². The van der Waals surface area contributed by atoms with Gasteiger partial charge in [0.25, 0.3) is 0 Å². The Kier molecular flexibility index (Phi) is 18.0. The maximum absolute atomic E-state index is 9.50. The highest BCUT2D eigenvalue weighted by atomic mass is 18.2. The van der Waals surface area contributed by atoms with E-state index in [4.69, 9.17) is 4.79 Å². The summed E-state index contributed by atoms with van der Waals surface area (Å²) in [5.74, 6) is 0. The van der Waals surface area contributed by atoms with E-state index in [1.165, 1.54) is 6.92 Å². The van der Waals surface area contributed by atoms with Crippen LogP contribution in [0, 0.1) is 0 Å². The molecule has 11 heavy (non-hydrogen) atoms. The number of aldehydes is 1. The largest absolute Gasteiger partial charge is 0.304 e. The van der Waals surface area contributed by atoms with E-state index in [9.17, 15) is 4.39 Å². The standard InChI is InChI=1S/C5H5N.C2H4O.CH3F/c1-2-4-6-5-3-1;1-2-3;1-2/h1-5H;2H,1H3;1H3/i;;2-1. The molecular formula is C8H12FNO. The van der Waals surface area contributed by atoms with Crippen LogP contribution in [0.5, 0.6) is 0 Å². The third-order valence-electron chi connectivity index (χ3n) is 0.566. The lowest BCUT2D eigenvalue weighted by atomic mass is 10.5. The van der Waals surface area contributed by atoms with Crippen molar-refractivity contribution >= 4 is 6.29 Å². The molecule has 0 spiro atoms. The fourth-order valence-corrected chi connectivity index (χ4v) is 0.313. The van der Waals surface area contributed by atoms with Gasteiger partial charge in [-0.1, -0.05) is 6.07 Å². The highest BCUT2D eigenvalue weighted by Crippen LogP contribution is 1.73. The van der Waals surface area contributed by atoms with Crippen molar-refractivity contribution in [2.75, 3.05) is 7.18 Å². The molecule has 0 atom stereocenters. The molecule has 3 heteroatoms. The predicted molar refractivity (Wildman–Crippen MR) is 43.0 cm³/mol. The zero-order chi connectivity index (χ0) is 8.95. The SMILES string of the molecule is CC=O.C[18F].c1ccncc1. The van der Waals surface area contributed by atoms with Crippen LogP contribution in [0.15, 0.2) is 30.6 Å². The van der Waals surface area contributed by atoms with Gasteiger partial charge in [-0.3, -0.25) is 9.37 Å². The van der Waals surface area contributed by atoms with Crippen molar-refractivity contribution < 1.29 is 9.18 Å². The van der Waals surface area contributed by atoms with Gasteiger partial charge in [0.2, 0.25) is 0 Å². The Hall–Kier alpha value is -1.25. The zero-order valence-electron chi connectivity index (χ0n) is 6.70. The molecule has 0 radical (unpaired) electrons. The number of aromatic nitrogens is 1. The van der Waals surface area contributed by atoms with Crippen molar-refractivity contribution in [1.82, 2.24) is 4.98 Å². The summed E-state index contributed by atoms with van der Waals surface area (Å²) >= 11 is 0. The molecule has 0 bridgehead atoms. The number of nitrogens with zero attached hydrogens (tertiary/aromatic N) is 1. The predicted octanol–water partition coefficient (Wildman–Crippen LogP) is 1.87. The monoisotopic (exact) mass is 156 g/mol. The number of carbonyl (C=O) groups is 1. The van der Waals surface area contributed by atoms with Crippen molar-refractivity contribution in [2.45, 2.75) is 6.92 Å². The molecule has 1 rings (SSSR count). The number of carbonyl (C=O) groups excluding carboxylic acids is 1. The van der Waals surface area contributed by atoms with Crippen LogP contribution in [0.4, 0.5) is 4.39 Å². The second-order valence-corrected chi connectivity index (χ2v) is 1.26. The lowest BCUT2D eigenvalue weighted by molar-refractivity contribution is -0.106. The number of hydrogen-bond donors (Lipinski definition) is 0. The summed E-state index contributed by atoms with van der Waals surface area (Å²) in [4.78, 5) is 12.6. The van der Waals surface area contributed by atoms with E-state index in [1.54, 1.807) is 12.4 Å². The average Bonchev–Trinajstić information content (AvgIpc) is 2.12. The molecule has 2 nitrogen and oxygen atoms in total. The zero-order valence-corrected chi connectivity index (χ0v) is 6.70. The Labute approximate surface area is 66.1 Å². The van der Waals surface area contributed by atoms with E-state index in [0.717, 1.165) is 6.29 Å². The average molecular weight is 156 g/mol. The molecular weight excluding hydrogens is 144 g/mol. The van der Waals surface area contributed by atoms with Crippen LogP contribution < -0.4 is 0 Å². The van der Waals surface area contributed by atoms with Crippen LogP contribution in [-0.4, -0.2) is 18.4 Å². The quantitative estimate of drug-likeness (QED) is 0.537. The van der Waals surface area contributed by atoms with Crippen molar-refractivity contribution in [3.8, 4) is 0 Å². The second-order valence-electron chi connectivity index (χ2n) is 1.26. The summed E-state index contributed by atoms with van der Waals surface area (Å²) < 4.78 is 9.50. The Balaban J connectivity index is 0. The fourth-order valence-electron chi connectivity index (χ4n) is 0.313. The molecule has 0 amide bonds. The van der Waals surface area contributed by atoms with Crippen LogP contribution in [0.3, 0.4) is 0 Å². The first-order chi connectivity index (χ1) is 5.41. The van der Waals surface area contributed by atoms with Gasteiger partial charge in [-0.25, -0.2) is 0 Å². The molecule has 0 aliphatic heterocycles. The molecule has 0 aliphatic carbocycles. The van der Waals surface area contributed by atoms with Crippen molar-refractivity contribution in [3.63, 3.8) is 0 Å². The third kappa shape index (κ3) is 17.7. The molecule has 1 aromatic rings. The number of halogens is 1. The van der Waals surface area contributed by atoms with E-state index in [0.29, 0.717) is 7.18 Å². The minimum Gasteiger partial charge on any atom is -0.304 e. The number of alkyl halides is 1. The van der Waals surface area contributed by atoms with Gasteiger partial charge >= 0.3 is 0 Å². The van der Waals surface area contributed by atoms with Crippen LogP contribution in [0.1, 0.15) is 6.92 Å². The first-order valence-corrected chi connectivity index (χ1v) is 3.04.